The van der Waals surface area contributed by atoms with Crippen molar-refractivity contribution < 1.29 is 46.3 Å². The Morgan fingerprint density at radius 2 is 1.87 bits per heavy atom. The average Bonchev–Trinajstić information content (AvgIpc) is 3.34. The summed E-state index contributed by atoms with van der Waals surface area (Å²) < 4.78 is 40.9. The van der Waals surface area contributed by atoms with E-state index in [4.69, 9.17) is 25.6 Å². The van der Waals surface area contributed by atoms with Gasteiger partial charge in [-0.2, -0.15) is 40.5 Å². The maximum atomic E-state index is 13.3. The van der Waals surface area contributed by atoms with Crippen LogP contribution in [0.5, 0.6) is 5.75 Å². The van der Waals surface area contributed by atoms with Crippen LogP contribution in [0.25, 0.3) is 0 Å². The molecule has 0 radical (unpaired) electrons. The molecule has 0 saturated carbocycles. The molecule has 2 fully saturated rings. The molecule has 256 valence electrons. The number of carbonyl (C=O) groups is 3. The number of hydrogen-bond donors (Lipinski definition) is 5. The molecule has 2 saturated heterocycles. The van der Waals surface area contributed by atoms with Gasteiger partial charge in [-0.3, -0.25) is 19.1 Å². The highest BCUT2D eigenvalue weighted by Gasteiger charge is 2.57. The highest BCUT2D eigenvalue weighted by molar-refractivity contribution is 7.80. The SMILES string of the molecule is C.CC1(C)C(CC(=O)/C(=N\O[C@@H](COc2ccc(C(N)=NC3CNC3)cc2)C(=O)O)c2csc(N)n2)C(=O)N1OS(=O)(=O)O.S.S. The second kappa shape index (κ2) is 16.4. The topological polar surface area (TPSA) is 258 Å². The molecule has 1 amide bonds. The summed E-state index contributed by atoms with van der Waals surface area (Å²) in [6, 6.07) is 6.63. The minimum absolute atomic E-state index is 0. The maximum absolute atomic E-state index is 13.3. The van der Waals surface area contributed by atoms with E-state index >= 15 is 0 Å². The number of nitrogens with two attached hydrogens (primary N) is 2. The molecule has 0 spiro atoms. The first-order valence-electron chi connectivity index (χ1n) is 12.6. The van der Waals surface area contributed by atoms with Crippen molar-refractivity contribution in [2.24, 2.45) is 21.8 Å². The zero-order chi connectivity index (χ0) is 31.5. The number of hydroxylamine groups is 2. The lowest BCUT2D eigenvalue weighted by molar-refractivity contribution is -0.228. The van der Waals surface area contributed by atoms with Gasteiger partial charge in [0.15, 0.2) is 16.6 Å². The zero-order valence-corrected chi connectivity index (χ0v) is 27.5. The van der Waals surface area contributed by atoms with Gasteiger partial charge in [0.25, 0.3) is 12.0 Å². The third-order valence-electron chi connectivity index (χ3n) is 6.64. The molecule has 21 heteroatoms. The fourth-order valence-electron chi connectivity index (χ4n) is 4.08. The monoisotopic (exact) mass is 723 g/mol. The summed E-state index contributed by atoms with van der Waals surface area (Å²) in [5.41, 5.74) is 10.6. The first-order chi connectivity index (χ1) is 20.2. The lowest BCUT2D eigenvalue weighted by Gasteiger charge is -2.50. The second-order valence-electron chi connectivity index (χ2n) is 10.1. The Hall–Kier alpha value is -3.47. The summed E-state index contributed by atoms with van der Waals surface area (Å²) in [6.07, 6.45) is -2.15. The highest BCUT2D eigenvalue weighted by Crippen LogP contribution is 2.40. The quantitative estimate of drug-likeness (QED) is 0.0583. The first-order valence-corrected chi connectivity index (χ1v) is 14.9. The average molecular weight is 724 g/mol. The number of Topliss-reactive ketones (excluding diaryl/α,β-unsaturated/α-hetero) is 1. The van der Waals surface area contributed by atoms with Gasteiger partial charge in [0.1, 0.15) is 23.9 Å². The van der Waals surface area contributed by atoms with Crippen LogP contribution in [0.2, 0.25) is 0 Å². The third-order valence-corrected chi connectivity index (χ3v) is 7.65. The molecule has 3 heterocycles. The van der Waals surface area contributed by atoms with Crippen LogP contribution in [0.3, 0.4) is 0 Å². The van der Waals surface area contributed by atoms with Crippen LogP contribution in [-0.2, 0) is 33.9 Å². The van der Waals surface area contributed by atoms with Crippen molar-refractivity contribution in [1.82, 2.24) is 15.4 Å². The largest absolute Gasteiger partial charge is 0.489 e. The summed E-state index contributed by atoms with van der Waals surface area (Å²) >= 11 is 0.982. The molecule has 17 nitrogen and oxygen atoms in total. The van der Waals surface area contributed by atoms with Crippen LogP contribution in [0.1, 0.15) is 39.0 Å². The van der Waals surface area contributed by atoms with Gasteiger partial charge in [-0.05, 0) is 38.1 Å². The van der Waals surface area contributed by atoms with E-state index in [1.54, 1.807) is 24.3 Å². The summed E-state index contributed by atoms with van der Waals surface area (Å²) in [5, 5.41) is 18.4. The number of hydrogen-bond acceptors (Lipinski definition) is 14. The number of thiazole rings is 1. The van der Waals surface area contributed by atoms with E-state index in [-0.39, 0.29) is 51.3 Å². The van der Waals surface area contributed by atoms with Crippen molar-refractivity contribution in [3.63, 3.8) is 0 Å². The number of carboxylic acid groups (broad SMARTS) is 1. The number of oxime groups is 1. The predicted molar refractivity (Wildman–Crippen MR) is 179 cm³/mol. The molecule has 2 atom stereocenters. The molecular formula is C25H37N7O10S4. The van der Waals surface area contributed by atoms with Crippen LogP contribution in [0, 0.1) is 5.92 Å². The molecule has 2 aliphatic heterocycles. The van der Waals surface area contributed by atoms with Gasteiger partial charge in [-0.1, -0.05) is 12.6 Å². The number of ether oxygens (including phenoxy) is 1. The van der Waals surface area contributed by atoms with E-state index in [1.165, 1.54) is 19.2 Å². The van der Waals surface area contributed by atoms with E-state index < -0.39 is 64.4 Å². The molecule has 4 rings (SSSR count). The van der Waals surface area contributed by atoms with Crippen LogP contribution in [-0.4, -0.2) is 94.7 Å². The number of ketones is 1. The third kappa shape index (κ3) is 9.77. The lowest BCUT2D eigenvalue weighted by Crippen LogP contribution is -2.68. The second-order valence-corrected chi connectivity index (χ2v) is 12.0. The number of rotatable bonds is 14. The van der Waals surface area contributed by atoms with Gasteiger partial charge < -0.3 is 31.5 Å². The number of amidine groups is 1. The molecule has 0 bridgehead atoms. The highest BCUT2D eigenvalue weighted by atomic mass is 32.3. The number of aliphatic carboxylic acids is 1. The number of amides is 1. The Balaban J connectivity index is 0.00000353. The number of aromatic nitrogens is 1. The first kappa shape index (κ1) is 40.6. The summed E-state index contributed by atoms with van der Waals surface area (Å²) in [5.74, 6) is -3.50. The van der Waals surface area contributed by atoms with Crippen molar-refractivity contribution in [2.75, 3.05) is 25.4 Å². The van der Waals surface area contributed by atoms with E-state index in [0.717, 1.165) is 24.4 Å². The van der Waals surface area contributed by atoms with Gasteiger partial charge in [-0.15, -0.1) is 15.6 Å². The Kier molecular flexibility index (Phi) is 14.4. The number of nitrogens with one attached hydrogen (secondary N) is 1. The number of β-lactam (4-membered cyclic amide) rings is 1. The molecule has 1 unspecified atom stereocenters. The van der Waals surface area contributed by atoms with Gasteiger partial charge in [0, 0.05) is 30.5 Å². The number of nitrogens with zero attached hydrogens (tertiary/aromatic N) is 4. The van der Waals surface area contributed by atoms with E-state index in [0.29, 0.717) is 22.2 Å². The van der Waals surface area contributed by atoms with Crippen molar-refractivity contribution in [3.05, 3.63) is 40.9 Å². The van der Waals surface area contributed by atoms with Gasteiger partial charge in [0.2, 0.25) is 0 Å². The minimum Gasteiger partial charge on any atom is -0.489 e. The smallest absolute Gasteiger partial charge is 0.418 e. The standard InChI is InChI=1S/C24H29N7O10S2.CH4.2H2S/c1-24(2)15(21(33)31(24)41-43(36,37)38)7-17(32)19(16-11-42-23(26)29-16)30-40-18(22(34)35)10-39-14-5-3-12(4-6-14)20(25)28-13-8-27-9-13;;;/h3-6,11,13,15,18,27H,7-10H2,1-2H3,(H2,25,28)(H2,26,29)(H,34,35)(H,36,37,38);1H4;2*1H2/b30-19-;;;/t15?,18-;;;/m0.../s1. The Labute approximate surface area is 283 Å². The maximum Gasteiger partial charge on any atom is 0.418 e. The van der Waals surface area contributed by atoms with Crippen molar-refractivity contribution in [3.8, 4) is 5.75 Å². The van der Waals surface area contributed by atoms with E-state index in [1.807, 2.05) is 0 Å². The molecule has 7 N–H and O–H groups in total. The predicted octanol–water partition coefficient (Wildman–Crippen LogP) is 0.448. The fraction of sp³-hybridized carbons (Fsp3) is 0.440. The van der Waals surface area contributed by atoms with Crippen molar-refractivity contribution >= 4 is 83.1 Å². The number of carbonyl (C=O) groups excluding carboxylic acids is 2. The Bertz CT molecular complexity index is 1560. The van der Waals surface area contributed by atoms with Crippen LogP contribution >= 0.6 is 38.3 Å². The zero-order valence-electron chi connectivity index (χ0n) is 23.9. The van der Waals surface area contributed by atoms with Crippen LogP contribution in [0.15, 0.2) is 39.8 Å². The summed E-state index contributed by atoms with van der Waals surface area (Å²) in [7, 11) is -4.98. The van der Waals surface area contributed by atoms with E-state index in [2.05, 4.69) is 24.7 Å². The molecule has 0 aliphatic carbocycles. The number of anilines is 1. The Morgan fingerprint density at radius 3 is 2.35 bits per heavy atom. The Morgan fingerprint density at radius 1 is 1.24 bits per heavy atom. The normalized spacial score (nSPS) is 18.5. The molecule has 1 aromatic heterocycles. The number of benzene rings is 1. The van der Waals surface area contributed by atoms with Gasteiger partial charge in [-0.25, -0.2) is 9.78 Å². The minimum atomic E-state index is -4.98. The van der Waals surface area contributed by atoms with Crippen LogP contribution < -0.4 is 21.5 Å². The molecule has 2 aromatic rings. The fourth-order valence-corrected chi connectivity index (χ4v) is 5.08. The van der Waals surface area contributed by atoms with Crippen molar-refractivity contribution in [2.45, 2.75) is 45.4 Å². The molecule has 46 heavy (non-hydrogen) atoms. The van der Waals surface area contributed by atoms with Crippen LogP contribution in [0.4, 0.5) is 5.13 Å². The van der Waals surface area contributed by atoms with Crippen molar-refractivity contribution in [1.29, 1.82) is 0 Å². The van der Waals surface area contributed by atoms with E-state index in [9.17, 15) is 27.9 Å². The molecule has 1 aromatic carbocycles. The molecule has 2 aliphatic rings. The number of nitrogen functional groups attached to an aromatic ring is 1. The number of carboxylic acids is 1. The number of aliphatic imine (C=N–C) groups is 1. The molecular weight excluding hydrogens is 687 g/mol. The summed E-state index contributed by atoms with van der Waals surface area (Å²) in [4.78, 5) is 51.2. The lowest BCUT2D eigenvalue weighted by atomic mass is 9.74. The van der Waals surface area contributed by atoms with Gasteiger partial charge in [0.05, 0.1) is 17.5 Å². The summed E-state index contributed by atoms with van der Waals surface area (Å²) in [6.45, 7) is 3.86. The van der Waals surface area contributed by atoms with Gasteiger partial charge >= 0.3 is 16.4 Å².